The van der Waals surface area contributed by atoms with Gasteiger partial charge in [-0.1, -0.05) is 52.4 Å². The molecule has 0 bridgehead atoms. The minimum absolute atomic E-state index is 0.401. The predicted octanol–water partition coefficient (Wildman–Crippen LogP) is 5.27. The van der Waals surface area contributed by atoms with Crippen LogP contribution in [0.5, 0.6) is 0 Å². The highest BCUT2D eigenvalue weighted by Crippen LogP contribution is 2.35. The minimum atomic E-state index is -0.401. The average Bonchev–Trinajstić information content (AvgIpc) is 2.53. The standard InChI is InChI=1S/C19H41NO2/c1-5-9-10-11-12-13-15-18(16-14-17-20)19(6-2,21-7-3)22-8-4/h18H,5-17,20H2,1-4H3. The van der Waals surface area contributed by atoms with Gasteiger partial charge in [0.2, 0.25) is 0 Å². The Labute approximate surface area is 139 Å². The molecule has 22 heavy (non-hydrogen) atoms. The summed E-state index contributed by atoms with van der Waals surface area (Å²) >= 11 is 0. The molecule has 3 nitrogen and oxygen atoms in total. The van der Waals surface area contributed by atoms with E-state index in [1.54, 1.807) is 0 Å². The molecular weight excluding hydrogens is 274 g/mol. The van der Waals surface area contributed by atoms with Gasteiger partial charge >= 0.3 is 0 Å². The van der Waals surface area contributed by atoms with E-state index in [-0.39, 0.29) is 0 Å². The number of hydrogen-bond acceptors (Lipinski definition) is 3. The number of unbranched alkanes of at least 4 members (excludes halogenated alkanes) is 5. The third-order valence-corrected chi connectivity index (χ3v) is 4.55. The van der Waals surface area contributed by atoms with Crippen molar-refractivity contribution >= 4 is 0 Å². The van der Waals surface area contributed by atoms with Gasteiger partial charge in [-0.15, -0.1) is 0 Å². The van der Waals surface area contributed by atoms with Crippen LogP contribution in [0.2, 0.25) is 0 Å². The molecule has 0 aromatic rings. The minimum Gasteiger partial charge on any atom is -0.350 e. The van der Waals surface area contributed by atoms with E-state index in [1.165, 1.54) is 44.9 Å². The Morgan fingerprint density at radius 2 is 1.32 bits per heavy atom. The first-order chi connectivity index (χ1) is 10.7. The van der Waals surface area contributed by atoms with Crippen molar-refractivity contribution in [3.8, 4) is 0 Å². The Morgan fingerprint density at radius 1 is 0.773 bits per heavy atom. The topological polar surface area (TPSA) is 44.5 Å². The molecule has 0 aromatic heterocycles. The first-order valence-corrected chi connectivity index (χ1v) is 9.68. The summed E-state index contributed by atoms with van der Waals surface area (Å²) in [5, 5.41) is 0. The van der Waals surface area contributed by atoms with E-state index in [0.717, 1.165) is 25.8 Å². The maximum atomic E-state index is 6.11. The molecule has 3 heteroatoms. The molecule has 0 aromatic carbocycles. The van der Waals surface area contributed by atoms with E-state index < -0.39 is 5.79 Å². The maximum absolute atomic E-state index is 6.11. The lowest BCUT2D eigenvalue weighted by Crippen LogP contribution is -2.43. The fraction of sp³-hybridized carbons (Fsp3) is 1.00. The zero-order chi connectivity index (χ0) is 16.7. The average molecular weight is 316 g/mol. The quantitative estimate of drug-likeness (QED) is 0.312. The molecule has 0 amide bonds. The van der Waals surface area contributed by atoms with Crippen molar-refractivity contribution in [2.45, 2.75) is 97.7 Å². The molecule has 0 fully saturated rings. The van der Waals surface area contributed by atoms with Crippen LogP contribution in [-0.4, -0.2) is 25.5 Å². The second-order valence-electron chi connectivity index (χ2n) is 6.22. The van der Waals surface area contributed by atoms with Crippen molar-refractivity contribution in [1.29, 1.82) is 0 Å². The zero-order valence-electron chi connectivity index (χ0n) is 15.7. The van der Waals surface area contributed by atoms with Crippen LogP contribution in [0, 0.1) is 5.92 Å². The molecule has 0 spiro atoms. The van der Waals surface area contributed by atoms with Crippen LogP contribution < -0.4 is 5.73 Å². The van der Waals surface area contributed by atoms with Crippen LogP contribution in [0.15, 0.2) is 0 Å². The van der Waals surface area contributed by atoms with Gasteiger partial charge < -0.3 is 15.2 Å². The molecule has 0 saturated heterocycles. The number of ether oxygens (including phenoxy) is 2. The Morgan fingerprint density at radius 3 is 1.82 bits per heavy atom. The van der Waals surface area contributed by atoms with Crippen molar-refractivity contribution in [2.75, 3.05) is 19.8 Å². The first-order valence-electron chi connectivity index (χ1n) is 9.68. The molecule has 1 atom stereocenters. The maximum Gasteiger partial charge on any atom is 0.170 e. The Hall–Kier alpha value is -0.120. The molecule has 0 saturated carbocycles. The van der Waals surface area contributed by atoms with Crippen molar-refractivity contribution in [1.82, 2.24) is 0 Å². The van der Waals surface area contributed by atoms with E-state index in [1.807, 2.05) is 0 Å². The lowest BCUT2D eigenvalue weighted by atomic mass is 9.86. The molecule has 0 radical (unpaired) electrons. The predicted molar refractivity (Wildman–Crippen MR) is 96.0 cm³/mol. The smallest absolute Gasteiger partial charge is 0.170 e. The monoisotopic (exact) mass is 315 g/mol. The third kappa shape index (κ3) is 8.50. The van der Waals surface area contributed by atoms with Gasteiger partial charge in [-0.25, -0.2) is 0 Å². The molecule has 0 aliphatic heterocycles. The molecule has 0 heterocycles. The summed E-state index contributed by atoms with van der Waals surface area (Å²) in [6.07, 6.45) is 12.3. The van der Waals surface area contributed by atoms with Crippen molar-refractivity contribution in [2.24, 2.45) is 11.7 Å². The summed E-state index contributed by atoms with van der Waals surface area (Å²) in [7, 11) is 0. The summed E-state index contributed by atoms with van der Waals surface area (Å²) in [4.78, 5) is 0. The van der Waals surface area contributed by atoms with E-state index in [2.05, 4.69) is 27.7 Å². The molecule has 2 N–H and O–H groups in total. The van der Waals surface area contributed by atoms with Crippen LogP contribution in [0.1, 0.15) is 91.9 Å². The second kappa shape index (κ2) is 14.5. The normalized spacial score (nSPS) is 13.5. The number of hydrogen-bond donors (Lipinski definition) is 1. The summed E-state index contributed by atoms with van der Waals surface area (Å²) < 4.78 is 12.2. The Balaban J connectivity index is 4.53. The fourth-order valence-corrected chi connectivity index (χ4v) is 3.38. The Kier molecular flexibility index (Phi) is 14.4. The molecule has 1 unspecified atom stereocenters. The molecular formula is C19H41NO2. The zero-order valence-corrected chi connectivity index (χ0v) is 15.7. The highest BCUT2D eigenvalue weighted by molar-refractivity contribution is 4.79. The molecule has 134 valence electrons. The van der Waals surface area contributed by atoms with E-state index in [9.17, 15) is 0 Å². The second-order valence-corrected chi connectivity index (χ2v) is 6.22. The largest absolute Gasteiger partial charge is 0.350 e. The van der Waals surface area contributed by atoms with Gasteiger partial charge in [0.05, 0.1) is 0 Å². The Bertz CT molecular complexity index is 227. The summed E-state index contributed by atoms with van der Waals surface area (Å²) in [5.41, 5.74) is 5.74. The van der Waals surface area contributed by atoms with Crippen molar-refractivity contribution < 1.29 is 9.47 Å². The number of rotatable bonds is 16. The number of nitrogens with two attached hydrogens (primary N) is 1. The van der Waals surface area contributed by atoms with Crippen LogP contribution in [0.3, 0.4) is 0 Å². The van der Waals surface area contributed by atoms with Gasteiger partial charge in [0.1, 0.15) is 0 Å². The SMILES string of the molecule is CCCCCCCCC(CCCN)C(CC)(OCC)OCC. The third-order valence-electron chi connectivity index (χ3n) is 4.55. The lowest BCUT2D eigenvalue weighted by molar-refractivity contribution is -0.268. The van der Waals surface area contributed by atoms with Gasteiger partial charge in [-0.05, 0) is 46.1 Å². The van der Waals surface area contributed by atoms with Gasteiger partial charge in [-0.3, -0.25) is 0 Å². The fourth-order valence-electron chi connectivity index (χ4n) is 3.38. The van der Waals surface area contributed by atoms with Crippen LogP contribution >= 0.6 is 0 Å². The van der Waals surface area contributed by atoms with Gasteiger partial charge in [0, 0.05) is 19.1 Å². The van der Waals surface area contributed by atoms with Crippen LogP contribution in [-0.2, 0) is 9.47 Å². The van der Waals surface area contributed by atoms with E-state index in [0.29, 0.717) is 19.1 Å². The summed E-state index contributed by atoms with van der Waals surface area (Å²) in [5.74, 6) is 0.0642. The highest BCUT2D eigenvalue weighted by atomic mass is 16.7. The molecule has 0 aliphatic carbocycles. The van der Waals surface area contributed by atoms with E-state index in [4.69, 9.17) is 15.2 Å². The molecule has 0 aliphatic rings. The summed E-state index contributed by atoms with van der Waals surface area (Å²) in [6, 6.07) is 0. The first kappa shape index (κ1) is 21.9. The van der Waals surface area contributed by atoms with Gasteiger partial charge in [-0.2, -0.15) is 0 Å². The van der Waals surface area contributed by atoms with Crippen molar-refractivity contribution in [3.05, 3.63) is 0 Å². The van der Waals surface area contributed by atoms with Crippen molar-refractivity contribution in [3.63, 3.8) is 0 Å². The lowest BCUT2D eigenvalue weighted by Gasteiger charge is -2.40. The van der Waals surface area contributed by atoms with Crippen LogP contribution in [0.4, 0.5) is 0 Å². The van der Waals surface area contributed by atoms with E-state index >= 15 is 0 Å². The summed E-state index contributed by atoms with van der Waals surface area (Å²) in [6.45, 7) is 10.8. The van der Waals surface area contributed by atoms with Crippen LogP contribution in [0.25, 0.3) is 0 Å². The van der Waals surface area contributed by atoms with Gasteiger partial charge in [0.15, 0.2) is 5.79 Å². The highest BCUT2D eigenvalue weighted by Gasteiger charge is 2.38. The van der Waals surface area contributed by atoms with Gasteiger partial charge in [0.25, 0.3) is 0 Å². The molecule has 0 rings (SSSR count).